The summed E-state index contributed by atoms with van der Waals surface area (Å²) in [5.41, 5.74) is 1.95. The van der Waals surface area contributed by atoms with Gasteiger partial charge in [0, 0.05) is 19.6 Å². The molecule has 2 aromatic carbocycles. The lowest BCUT2D eigenvalue weighted by Crippen LogP contribution is -2.39. The van der Waals surface area contributed by atoms with Crippen molar-refractivity contribution in [2.45, 2.75) is 32.9 Å². The third kappa shape index (κ3) is 7.70. The second-order valence-electron chi connectivity index (χ2n) is 6.35. The molecule has 7 heteroatoms. The van der Waals surface area contributed by atoms with Gasteiger partial charge in [0.1, 0.15) is 5.75 Å². The average Bonchev–Trinajstić information content (AvgIpc) is 2.64. The lowest BCUT2D eigenvalue weighted by Gasteiger charge is -2.23. The maximum Gasteiger partial charge on any atom is 0.317 e. The summed E-state index contributed by atoms with van der Waals surface area (Å²) in [6.07, 6.45) is 2.90. The second kappa shape index (κ2) is 9.97. The summed E-state index contributed by atoms with van der Waals surface area (Å²) in [5, 5.41) is 2.95. The predicted octanol–water partition coefficient (Wildman–Crippen LogP) is 3.54. The molecule has 0 radical (unpaired) electrons. The van der Waals surface area contributed by atoms with Crippen molar-refractivity contribution >= 4 is 16.1 Å². The van der Waals surface area contributed by atoms with Crippen LogP contribution in [0.4, 0.5) is 4.79 Å². The van der Waals surface area contributed by atoms with Crippen molar-refractivity contribution in [3.63, 3.8) is 0 Å². The highest BCUT2D eigenvalue weighted by Crippen LogP contribution is 2.16. The number of unbranched alkanes of at least 4 members (excludes halogenated alkanes) is 1. The first-order chi connectivity index (χ1) is 12.9. The van der Waals surface area contributed by atoms with E-state index in [4.69, 9.17) is 4.18 Å². The number of urea groups is 1. The third-order valence-corrected chi connectivity index (χ3v) is 4.39. The van der Waals surface area contributed by atoms with Crippen molar-refractivity contribution in [2.24, 2.45) is 0 Å². The molecule has 0 aliphatic rings. The quantitative estimate of drug-likeness (QED) is 0.665. The van der Waals surface area contributed by atoms with Gasteiger partial charge in [-0.05, 0) is 29.7 Å². The van der Waals surface area contributed by atoms with Crippen LogP contribution in [-0.4, -0.2) is 32.1 Å². The minimum atomic E-state index is -3.55. The molecule has 0 unspecified atom stereocenters. The Morgan fingerprint density at radius 1 is 1.04 bits per heavy atom. The SMILES string of the molecule is CCCCN(Cc1ccc(OS(C)(=O)=O)cc1)C(=O)NCc1ccccc1. The zero-order valence-electron chi connectivity index (χ0n) is 15.7. The van der Waals surface area contributed by atoms with E-state index in [1.165, 1.54) is 0 Å². The van der Waals surface area contributed by atoms with Crippen LogP contribution in [0, 0.1) is 0 Å². The van der Waals surface area contributed by atoms with E-state index in [1.807, 2.05) is 30.3 Å². The third-order valence-electron chi connectivity index (χ3n) is 3.90. The Kier molecular flexibility index (Phi) is 7.67. The normalized spacial score (nSPS) is 11.0. The van der Waals surface area contributed by atoms with Gasteiger partial charge in [-0.25, -0.2) is 4.79 Å². The highest BCUT2D eigenvalue weighted by Gasteiger charge is 2.14. The lowest BCUT2D eigenvalue weighted by atomic mass is 10.2. The fourth-order valence-electron chi connectivity index (χ4n) is 2.53. The Morgan fingerprint density at radius 2 is 1.70 bits per heavy atom. The molecule has 2 rings (SSSR count). The first kappa shape index (κ1) is 20.8. The first-order valence-electron chi connectivity index (χ1n) is 8.92. The van der Waals surface area contributed by atoms with Crippen molar-refractivity contribution in [1.29, 1.82) is 0 Å². The van der Waals surface area contributed by atoms with Crippen LogP contribution >= 0.6 is 0 Å². The molecule has 146 valence electrons. The van der Waals surface area contributed by atoms with E-state index in [0.717, 1.165) is 30.2 Å². The van der Waals surface area contributed by atoms with Crippen molar-refractivity contribution < 1.29 is 17.4 Å². The van der Waals surface area contributed by atoms with Gasteiger partial charge in [-0.1, -0.05) is 55.8 Å². The zero-order valence-corrected chi connectivity index (χ0v) is 16.5. The Labute approximate surface area is 161 Å². The van der Waals surface area contributed by atoms with Crippen LogP contribution in [0.1, 0.15) is 30.9 Å². The molecular formula is C20H26N2O4S. The van der Waals surface area contributed by atoms with Gasteiger partial charge in [0.2, 0.25) is 0 Å². The predicted molar refractivity (Wildman–Crippen MR) is 106 cm³/mol. The Bertz CT molecular complexity index is 821. The first-order valence-corrected chi connectivity index (χ1v) is 10.7. The summed E-state index contributed by atoms with van der Waals surface area (Å²) >= 11 is 0. The van der Waals surface area contributed by atoms with Gasteiger partial charge in [-0.3, -0.25) is 0 Å². The summed E-state index contributed by atoms with van der Waals surface area (Å²) in [7, 11) is -3.55. The summed E-state index contributed by atoms with van der Waals surface area (Å²) in [6.45, 7) is 3.65. The monoisotopic (exact) mass is 390 g/mol. The number of benzene rings is 2. The van der Waals surface area contributed by atoms with Gasteiger partial charge in [0.05, 0.1) is 6.26 Å². The number of hydrogen-bond acceptors (Lipinski definition) is 4. The molecule has 0 spiro atoms. The summed E-state index contributed by atoms with van der Waals surface area (Å²) in [5.74, 6) is 0.259. The molecule has 0 aliphatic carbocycles. The van der Waals surface area contributed by atoms with E-state index in [0.29, 0.717) is 19.6 Å². The van der Waals surface area contributed by atoms with Crippen LogP contribution < -0.4 is 9.50 Å². The molecule has 0 atom stereocenters. The van der Waals surface area contributed by atoms with Crippen LogP contribution in [0.2, 0.25) is 0 Å². The molecule has 27 heavy (non-hydrogen) atoms. The van der Waals surface area contributed by atoms with Gasteiger partial charge in [0.25, 0.3) is 0 Å². The molecule has 0 heterocycles. The molecule has 0 fully saturated rings. The van der Waals surface area contributed by atoms with Crippen molar-refractivity contribution in [3.05, 3.63) is 65.7 Å². The highest BCUT2D eigenvalue weighted by molar-refractivity contribution is 7.86. The Morgan fingerprint density at radius 3 is 2.30 bits per heavy atom. The fraction of sp³-hybridized carbons (Fsp3) is 0.350. The van der Waals surface area contributed by atoms with E-state index < -0.39 is 10.1 Å². The van der Waals surface area contributed by atoms with Gasteiger partial charge in [-0.15, -0.1) is 0 Å². The fourth-order valence-corrected chi connectivity index (χ4v) is 2.99. The Hall–Kier alpha value is -2.54. The van der Waals surface area contributed by atoms with Gasteiger partial charge in [-0.2, -0.15) is 8.42 Å². The zero-order chi connectivity index (χ0) is 19.7. The number of nitrogens with one attached hydrogen (secondary N) is 1. The molecule has 0 saturated carbocycles. The van der Waals surface area contributed by atoms with Crippen molar-refractivity contribution in [1.82, 2.24) is 10.2 Å². The minimum Gasteiger partial charge on any atom is -0.383 e. The van der Waals surface area contributed by atoms with E-state index >= 15 is 0 Å². The summed E-state index contributed by atoms with van der Waals surface area (Å²) in [4.78, 5) is 14.4. The smallest absolute Gasteiger partial charge is 0.317 e. The van der Waals surface area contributed by atoms with Crippen LogP contribution in [0.5, 0.6) is 5.75 Å². The minimum absolute atomic E-state index is 0.122. The topological polar surface area (TPSA) is 75.7 Å². The molecule has 0 saturated heterocycles. The number of nitrogens with zero attached hydrogens (tertiary/aromatic N) is 1. The van der Waals surface area contributed by atoms with Crippen LogP contribution in [0.15, 0.2) is 54.6 Å². The maximum atomic E-state index is 12.6. The van der Waals surface area contributed by atoms with Gasteiger partial charge >= 0.3 is 16.1 Å². The number of carbonyl (C=O) groups is 1. The number of amides is 2. The second-order valence-corrected chi connectivity index (χ2v) is 7.93. The molecule has 2 amide bonds. The van der Waals surface area contributed by atoms with Crippen LogP contribution in [-0.2, 0) is 23.2 Å². The largest absolute Gasteiger partial charge is 0.383 e. The van der Waals surface area contributed by atoms with Crippen LogP contribution in [0.3, 0.4) is 0 Å². The van der Waals surface area contributed by atoms with Crippen LogP contribution in [0.25, 0.3) is 0 Å². The molecular weight excluding hydrogens is 364 g/mol. The van der Waals surface area contributed by atoms with Gasteiger partial charge < -0.3 is 14.4 Å². The van der Waals surface area contributed by atoms with Crippen molar-refractivity contribution in [2.75, 3.05) is 12.8 Å². The average molecular weight is 391 g/mol. The Balaban J connectivity index is 1.99. The van der Waals surface area contributed by atoms with Gasteiger partial charge in [0.15, 0.2) is 0 Å². The van der Waals surface area contributed by atoms with Crippen molar-refractivity contribution in [3.8, 4) is 5.75 Å². The number of rotatable bonds is 9. The maximum absolute atomic E-state index is 12.6. The molecule has 1 N–H and O–H groups in total. The molecule has 0 bridgehead atoms. The van der Waals surface area contributed by atoms with E-state index in [9.17, 15) is 13.2 Å². The highest BCUT2D eigenvalue weighted by atomic mass is 32.2. The van der Waals surface area contributed by atoms with E-state index in [1.54, 1.807) is 29.2 Å². The molecule has 2 aromatic rings. The number of carbonyl (C=O) groups excluding carboxylic acids is 1. The molecule has 0 aromatic heterocycles. The van der Waals surface area contributed by atoms with E-state index in [2.05, 4.69) is 12.2 Å². The molecule has 0 aliphatic heterocycles. The summed E-state index contributed by atoms with van der Waals surface area (Å²) in [6, 6.07) is 16.4. The summed E-state index contributed by atoms with van der Waals surface area (Å²) < 4.78 is 27.2. The standard InChI is InChI=1S/C20H26N2O4S/c1-3-4-14-22(20(23)21-15-17-8-6-5-7-9-17)16-18-10-12-19(13-11-18)26-27(2,24)25/h5-13H,3-4,14-16H2,1-2H3,(H,21,23). The number of hydrogen-bond donors (Lipinski definition) is 1. The molecule has 6 nitrogen and oxygen atoms in total. The van der Waals surface area contributed by atoms with E-state index in [-0.39, 0.29) is 11.8 Å². The lowest BCUT2D eigenvalue weighted by molar-refractivity contribution is 0.193.